The van der Waals surface area contributed by atoms with Crippen molar-refractivity contribution < 1.29 is 19.0 Å². The highest BCUT2D eigenvalue weighted by atomic mass is 19.1. The van der Waals surface area contributed by atoms with Gasteiger partial charge in [-0.15, -0.1) is 0 Å². The van der Waals surface area contributed by atoms with E-state index in [9.17, 15) is 9.18 Å². The zero-order chi connectivity index (χ0) is 15.2. The van der Waals surface area contributed by atoms with Crippen molar-refractivity contribution in [2.75, 3.05) is 6.54 Å². The van der Waals surface area contributed by atoms with Gasteiger partial charge in [-0.05, 0) is 23.3 Å². The molecular weight excluding hydrogens is 273 g/mol. The monoisotopic (exact) mass is 289 g/mol. The summed E-state index contributed by atoms with van der Waals surface area (Å²) >= 11 is 0. The van der Waals surface area contributed by atoms with Crippen LogP contribution in [0.25, 0.3) is 0 Å². The lowest BCUT2D eigenvalue weighted by Gasteiger charge is -2.12. The normalized spacial score (nSPS) is 11.9. The fourth-order valence-corrected chi connectivity index (χ4v) is 1.97. The Bertz CT molecular complexity index is 616. The molecule has 2 aromatic carbocycles. The molecule has 0 amide bonds. The molecule has 0 aromatic heterocycles. The molecule has 1 atom stereocenters. The Morgan fingerprint density at radius 1 is 1.24 bits per heavy atom. The highest BCUT2D eigenvalue weighted by Gasteiger charge is 2.19. The summed E-state index contributed by atoms with van der Waals surface area (Å²) in [6, 6.07) is 13.5. The molecule has 0 fully saturated rings. The number of halogens is 1. The van der Waals surface area contributed by atoms with Crippen molar-refractivity contribution in [2.24, 2.45) is 5.73 Å². The van der Waals surface area contributed by atoms with Crippen molar-refractivity contribution in [3.8, 4) is 5.75 Å². The van der Waals surface area contributed by atoms with Crippen LogP contribution in [0.15, 0.2) is 48.5 Å². The van der Waals surface area contributed by atoms with Gasteiger partial charge in [0.2, 0.25) is 0 Å². The summed E-state index contributed by atoms with van der Waals surface area (Å²) in [5, 5.41) is 9.01. The predicted molar refractivity (Wildman–Crippen MR) is 76.6 cm³/mol. The molecule has 0 radical (unpaired) electrons. The molecule has 2 rings (SSSR count). The van der Waals surface area contributed by atoms with Crippen molar-refractivity contribution in [3.05, 3.63) is 65.5 Å². The molecule has 0 aliphatic heterocycles. The summed E-state index contributed by atoms with van der Waals surface area (Å²) in [5.41, 5.74) is 6.64. The van der Waals surface area contributed by atoms with Crippen LogP contribution in [0.4, 0.5) is 4.39 Å². The van der Waals surface area contributed by atoms with E-state index in [0.717, 1.165) is 11.6 Å². The number of aliphatic carboxylic acids is 1. The van der Waals surface area contributed by atoms with Gasteiger partial charge in [-0.25, -0.2) is 4.39 Å². The van der Waals surface area contributed by atoms with Gasteiger partial charge in [-0.1, -0.05) is 36.4 Å². The summed E-state index contributed by atoms with van der Waals surface area (Å²) in [7, 11) is 0. The van der Waals surface area contributed by atoms with Crippen molar-refractivity contribution in [1.82, 2.24) is 0 Å². The van der Waals surface area contributed by atoms with Crippen LogP contribution in [0.2, 0.25) is 0 Å². The van der Waals surface area contributed by atoms with Crippen LogP contribution in [0, 0.1) is 5.82 Å². The van der Waals surface area contributed by atoms with E-state index in [1.807, 2.05) is 30.3 Å². The molecule has 3 N–H and O–H groups in total. The quantitative estimate of drug-likeness (QED) is 0.857. The van der Waals surface area contributed by atoms with Gasteiger partial charge in [0.1, 0.15) is 6.61 Å². The zero-order valence-electron chi connectivity index (χ0n) is 11.3. The number of benzene rings is 2. The second-order valence-electron chi connectivity index (χ2n) is 4.59. The number of hydrogen-bond acceptors (Lipinski definition) is 3. The Balaban J connectivity index is 2.10. The zero-order valence-corrected chi connectivity index (χ0v) is 11.3. The largest absolute Gasteiger partial charge is 0.486 e. The Hall–Kier alpha value is -2.40. The second kappa shape index (κ2) is 6.85. The number of carboxylic acids is 1. The molecule has 110 valence electrons. The van der Waals surface area contributed by atoms with Crippen LogP contribution < -0.4 is 10.5 Å². The highest BCUT2D eigenvalue weighted by Crippen LogP contribution is 2.24. The minimum Gasteiger partial charge on any atom is -0.486 e. The molecule has 0 saturated heterocycles. The minimum absolute atomic E-state index is 0.0843. The van der Waals surface area contributed by atoms with E-state index in [1.54, 1.807) is 0 Å². The molecule has 1 unspecified atom stereocenters. The summed E-state index contributed by atoms with van der Waals surface area (Å²) in [6.07, 6.45) is 0. The standard InChI is InChI=1S/C16H16FNO3/c17-14-8-12(13(9-18)16(19)20)6-7-15(14)21-10-11-4-2-1-3-5-11/h1-8,13H,9-10,18H2,(H,19,20). The topological polar surface area (TPSA) is 72.6 Å². The van der Waals surface area contributed by atoms with E-state index in [-0.39, 0.29) is 18.9 Å². The van der Waals surface area contributed by atoms with E-state index >= 15 is 0 Å². The Morgan fingerprint density at radius 2 is 1.95 bits per heavy atom. The van der Waals surface area contributed by atoms with Gasteiger partial charge >= 0.3 is 5.97 Å². The van der Waals surface area contributed by atoms with Gasteiger partial charge in [0.25, 0.3) is 0 Å². The minimum atomic E-state index is -1.07. The van der Waals surface area contributed by atoms with Crippen LogP contribution >= 0.6 is 0 Å². The number of nitrogens with two attached hydrogens (primary N) is 1. The molecule has 0 saturated carbocycles. The average molecular weight is 289 g/mol. The van der Waals surface area contributed by atoms with Gasteiger partial charge in [0.15, 0.2) is 11.6 Å². The molecule has 0 heterocycles. The van der Waals surface area contributed by atoms with Crippen LogP contribution in [0.5, 0.6) is 5.75 Å². The molecular formula is C16H16FNO3. The molecule has 2 aromatic rings. The summed E-state index contributed by atoms with van der Waals surface area (Å²) in [6.45, 7) is 0.162. The Labute approximate surface area is 122 Å². The summed E-state index contributed by atoms with van der Waals surface area (Å²) < 4.78 is 19.4. The van der Waals surface area contributed by atoms with E-state index in [0.29, 0.717) is 5.56 Å². The third-order valence-electron chi connectivity index (χ3n) is 3.13. The van der Waals surface area contributed by atoms with Crippen molar-refractivity contribution in [1.29, 1.82) is 0 Å². The van der Waals surface area contributed by atoms with Crippen molar-refractivity contribution in [2.45, 2.75) is 12.5 Å². The smallest absolute Gasteiger partial charge is 0.312 e. The first-order valence-electron chi connectivity index (χ1n) is 6.51. The molecule has 0 aliphatic carbocycles. The van der Waals surface area contributed by atoms with E-state index in [4.69, 9.17) is 15.6 Å². The third kappa shape index (κ3) is 3.79. The molecule has 0 aliphatic rings. The van der Waals surface area contributed by atoms with Gasteiger partial charge in [-0.2, -0.15) is 0 Å². The third-order valence-corrected chi connectivity index (χ3v) is 3.13. The lowest BCUT2D eigenvalue weighted by molar-refractivity contribution is -0.138. The fraction of sp³-hybridized carbons (Fsp3) is 0.188. The first-order chi connectivity index (χ1) is 10.1. The first-order valence-corrected chi connectivity index (χ1v) is 6.51. The van der Waals surface area contributed by atoms with Crippen LogP contribution in [0.1, 0.15) is 17.0 Å². The SMILES string of the molecule is NCC(C(=O)O)c1ccc(OCc2ccccc2)c(F)c1. The Kier molecular flexibility index (Phi) is 4.90. The molecule has 21 heavy (non-hydrogen) atoms. The van der Waals surface area contributed by atoms with Gasteiger partial charge < -0.3 is 15.6 Å². The van der Waals surface area contributed by atoms with Crippen molar-refractivity contribution in [3.63, 3.8) is 0 Å². The van der Waals surface area contributed by atoms with Gasteiger partial charge in [0, 0.05) is 6.54 Å². The number of carboxylic acid groups (broad SMARTS) is 1. The lowest BCUT2D eigenvalue weighted by Crippen LogP contribution is -2.21. The van der Waals surface area contributed by atoms with Gasteiger partial charge in [0.05, 0.1) is 5.92 Å². The first kappa shape index (κ1) is 15.0. The maximum Gasteiger partial charge on any atom is 0.312 e. The van der Waals surface area contributed by atoms with Crippen molar-refractivity contribution >= 4 is 5.97 Å². The summed E-state index contributed by atoms with van der Waals surface area (Å²) in [4.78, 5) is 11.0. The van der Waals surface area contributed by atoms with E-state index in [1.165, 1.54) is 12.1 Å². The van der Waals surface area contributed by atoms with Crippen LogP contribution in [0.3, 0.4) is 0 Å². The highest BCUT2D eigenvalue weighted by molar-refractivity contribution is 5.76. The molecule has 0 bridgehead atoms. The molecule has 5 heteroatoms. The van der Waals surface area contributed by atoms with E-state index in [2.05, 4.69) is 0 Å². The predicted octanol–water partition coefficient (Wildman–Crippen LogP) is 2.53. The number of hydrogen-bond donors (Lipinski definition) is 2. The maximum absolute atomic E-state index is 14.0. The van der Waals surface area contributed by atoms with E-state index < -0.39 is 17.7 Å². The number of ether oxygens (including phenoxy) is 1. The van der Waals surface area contributed by atoms with Crippen LogP contribution in [-0.2, 0) is 11.4 Å². The molecule has 4 nitrogen and oxygen atoms in total. The molecule has 0 spiro atoms. The Morgan fingerprint density at radius 3 is 2.52 bits per heavy atom. The number of carbonyl (C=O) groups is 1. The average Bonchev–Trinajstić information content (AvgIpc) is 2.48. The number of rotatable bonds is 6. The maximum atomic E-state index is 14.0. The van der Waals surface area contributed by atoms with Crippen LogP contribution in [-0.4, -0.2) is 17.6 Å². The summed E-state index contributed by atoms with van der Waals surface area (Å²) in [5.74, 6) is -2.50. The second-order valence-corrected chi connectivity index (χ2v) is 4.59. The van der Waals surface area contributed by atoms with Gasteiger partial charge in [-0.3, -0.25) is 4.79 Å². The lowest BCUT2D eigenvalue weighted by atomic mass is 9.99. The fourth-order valence-electron chi connectivity index (χ4n) is 1.97.